The van der Waals surface area contributed by atoms with Gasteiger partial charge in [-0.25, -0.2) is 4.98 Å². The third-order valence-corrected chi connectivity index (χ3v) is 7.43. The molecule has 1 N–H and O–H groups in total. The van der Waals surface area contributed by atoms with Crippen LogP contribution in [0.15, 0.2) is 42.5 Å². The maximum absolute atomic E-state index is 12.9. The highest BCUT2D eigenvalue weighted by Crippen LogP contribution is 2.30. The first kappa shape index (κ1) is 22.5. The summed E-state index contributed by atoms with van der Waals surface area (Å²) < 4.78 is 1.08. The lowest BCUT2D eigenvalue weighted by molar-refractivity contribution is -0.122. The average molecular weight is 478 g/mol. The molecule has 0 saturated carbocycles. The van der Waals surface area contributed by atoms with Gasteiger partial charge in [0.1, 0.15) is 0 Å². The highest BCUT2D eigenvalue weighted by Gasteiger charge is 2.35. The van der Waals surface area contributed by atoms with Crippen molar-refractivity contribution in [1.82, 2.24) is 14.8 Å². The van der Waals surface area contributed by atoms with Crippen molar-refractivity contribution in [3.05, 3.63) is 53.0 Å². The Hall–Kier alpha value is -3.30. The summed E-state index contributed by atoms with van der Waals surface area (Å²) in [6.07, 6.45) is 0.167. The highest BCUT2D eigenvalue weighted by atomic mass is 32.1. The number of amides is 3. The molecule has 1 unspecified atom stereocenters. The molecule has 1 atom stereocenters. The number of anilines is 2. The third-order valence-electron chi connectivity index (χ3n) is 6.48. The summed E-state index contributed by atoms with van der Waals surface area (Å²) in [7, 11) is 2.05. The summed E-state index contributed by atoms with van der Waals surface area (Å²) in [6.45, 7) is 5.46. The molecule has 176 valence electrons. The van der Waals surface area contributed by atoms with Crippen molar-refractivity contribution in [2.45, 2.75) is 13.3 Å². The average Bonchev–Trinajstić information content (AvgIpc) is 3.40. The topological polar surface area (TPSA) is 85.8 Å². The number of thiazole rings is 1. The first-order valence-corrected chi connectivity index (χ1v) is 12.3. The number of hydrogen-bond donors (Lipinski definition) is 1. The standard InChI is InChI=1S/C25H27N5O3S/c1-16-26-21-14-20(7-8-22(21)34-16)30-15-18(13-23(30)31)24(32)27-19-5-3-17(4-6-19)25(33)29-11-9-28(2)10-12-29/h3-8,14,18H,9-13,15H2,1-2H3,(H,27,32). The number of benzene rings is 2. The summed E-state index contributed by atoms with van der Waals surface area (Å²) in [4.78, 5) is 48.5. The van der Waals surface area contributed by atoms with Gasteiger partial charge in [0.05, 0.1) is 21.1 Å². The number of carbonyl (C=O) groups excluding carboxylic acids is 3. The van der Waals surface area contributed by atoms with Crippen molar-refractivity contribution >= 4 is 50.6 Å². The van der Waals surface area contributed by atoms with Crippen molar-refractivity contribution in [3.8, 4) is 0 Å². The van der Waals surface area contributed by atoms with E-state index >= 15 is 0 Å². The monoisotopic (exact) mass is 477 g/mol. The van der Waals surface area contributed by atoms with Crippen LogP contribution in [0.1, 0.15) is 21.8 Å². The van der Waals surface area contributed by atoms with Crippen LogP contribution >= 0.6 is 11.3 Å². The van der Waals surface area contributed by atoms with Gasteiger partial charge in [-0.1, -0.05) is 0 Å². The summed E-state index contributed by atoms with van der Waals surface area (Å²) >= 11 is 1.62. The Morgan fingerprint density at radius 2 is 1.79 bits per heavy atom. The second kappa shape index (κ2) is 9.15. The molecule has 34 heavy (non-hydrogen) atoms. The molecular weight excluding hydrogens is 450 g/mol. The van der Waals surface area contributed by atoms with Gasteiger partial charge in [-0.15, -0.1) is 11.3 Å². The number of nitrogens with zero attached hydrogens (tertiary/aromatic N) is 4. The van der Waals surface area contributed by atoms with Crippen LogP contribution < -0.4 is 10.2 Å². The lowest BCUT2D eigenvalue weighted by Crippen LogP contribution is -2.47. The largest absolute Gasteiger partial charge is 0.336 e. The second-order valence-corrected chi connectivity index (χ2v) is 10.2. The molecule has 9 heteroatoms. The van der Waals surface area contributed by atoms with Gasteiger partial charge in [0.15, 0.2) is 0 Å². The molecule has 0 spiro atoms. The van der Waals surface area contributed by atoms with Gasteiger partial charge in [0.2, 0.25) is 11.8 Å². The third kappa shape index (κ3) is 4.53. The van der Waals surface area contributed by atoms with Gasteiger partial charge in [-0.3, -0.25) is 14.4 Å². The minimum absolute atomic E-state index is 0.00952. The van der Waals surface area contributed by atoms with Gasteiger partial charge in [-0.05, 0) is 56.4 Å². The molecule has 0 radical (unpaired) electrons. The van der Waals surface area contributed by atoms with Gasteiger partial charge in [-0.2, -0.15) is 0 Å². The molecule has 1 aromatic heterocycles. The molecule has 0 bridgehead atoms. The molecule has 2 aliphatic rings. The lowest BCUT2D eigenvalue weighted by Gasteiger charge is -2.32. The molecular formula is C25H27N5O3S. The van der Waals surface area contributed by atoms with Crippen LogP contribution in [0.3, 0.4) is 0 Å². The number of fused-ring (bicyclic) bond motifs is 1. The molecule has 2 saturated heterocycles. The molecule has 0 aliphatic carbocycles. The Balaban J connectivity index is 1.21. The fourth-order valence-corrected chi connectivity index (χ4v) is 5.27. The molecule has 8 nitrogen and oxygen atoms in total. The number of hydrogen-bond acceptors (Lipinski definition) is 6. The van der Waals surface area contributed by atoms with E-state index in [1.807, 2.05) is 30.0 Å². The minimum Gasteiger partial charge on any atom is -0.336 e. The van der Waals surface area contributed by atoms with E-state index in [-0.39, 0.29) is 24.1 Å². The van der Waals surface area contributed by atoms with Gasteiger partial charge in [0, 0.05) is 56.1 Å². The van der Waals surface area contributed by atoms with E-state index in [9.17, 15) is 14.4 Å². The van der Waals surface area contributed by atoms with Crippen LogP contribution in [-0.2, 0) is 9.59 Å². The van der Waals surface area contributed by atoms with E-state index < -0.39 is 5.92 Å². The molecule has 2 aliphatic heterocycles. The predicted octanol–water partition coefficient (Wildman–Crippen LogP) is 2.98. The summed E-state index contributed by atoms with van der Waals surface area (Å²) in [5, 5.41) is 3.88. The number of nitrogens with one attached hydrogen (secondary N) is 1. The van der Waals surface area contributed by atoms with Crippen molar-refractivity contribution < 1.29 is 14.4 Å². The molecule has 3 heterocycles. The summed E-state index contributed by atoms with van der Waals surface area (Å²) in [5.74, 6) is -0.693. The summed E-state index contributed by atoms with van der Waals surface area (Å²) in [6, 6.07) is 12.8. The van der Waals surface area contributed by atoms with Crippen molar-refractivity contribution in [1.29, 1.82) is 0 Å². The van der Waals surface area contributed by atoms with Gasteiger partial charge in [0.25, 0.3) is 5.91 Å². The Kier molecular flexibility index (Phi) is 6.05. The van der Waals surface area contributed by atoms with Crippen LogP contribution in [0, 0.1) is 12.8 Å². The normalized spacial score (nSPS) is 19.1. The minimum atomic E-state index is -0.438. The fourth-order valence-electron chi connectivity index (χ4n) is 4.46. The zero-order valence-electron chi connectivity index (χ0n) is 19.3. The Morgan fingerprint density at radius 3 is 2.53 bits per heavy atom. The van der Waals surface area contributed by atoms with Gasteiger partial charge < -0.3 is 20.0 Å². The zero-order valence-corrected chi connectivity index (χ0v) is 20.1. The van der Waals surface area contributed by atoms with E-state index in [1.165, 1.54) is 0 Å². The molecule has 3 amide bonds. The van der Waals surface area contributed by atoms with E-state index in [2.05, 4.69) is 22.2 Å². The molecule has 5 rings (SSSR count). The number of carbonyl (C=O) groups is 3. The quantitative estimate of drug-likeness (QED) is 0.625. The van der Waals surface area contributed by atoms with E-state index in [1.54, 1.807) is 40.5 Å². The Morgan fingerprint density at radius 1 is 1.06 bits per heavy atom. The zero-order chi connectivity index (χ0) is 23.8. The molecule has 3 aromatic rings. The molecule has 2 aromatic carbocycles. The van der Waals surface area contributed by atoms with E-state index in [0.717, 1.165) is 47.1 Å². The lowest BCUT2D eigenvalue weighted by atomic mass is 10.1. The maximum Gasteiger partial charge on any atom is 0.253 e. The van der Waals surface area contributed by atoms with Crippen molar-refractivity contribution in [3.63, 3.8) is 0 Å². The number of aryl methyl sites for hydroxylation is 1. The van der Waals surface area contributed by atoms with E-state index in [0.29, 0.717) is 17.8 Å². The number of aromatic nitrogens is 1. The van der Waals surface area contributed by atoms with Crippen LogP contribution in [-0.4, -0.2) is 72.3 Å². The summed E-state index contributed by atoms with van der Waals surface area (Å²) in [5.41, 5.74) is 2.86. The van der Waals surface area contributed by atoms with Crippen LogP contribution in [0.5, 0.6) is 0 Å². The number of piperazine rings is 1. The number of rotatable bonds is 4. The van der Waals surface area contributed by atoms with Crippen LogP contribution in [0.4, 0.5) is 11.4 Å². The maximum atomic E-state index is 12.9. The number of likely N-dealkylation sites (N-methyl/N-ethyl adjacent to an activating group) is 1. The first-order valence-electron chi connectivity index (χ1n) is 11.4. The smallest absolute Gasteiger partial charge is 0.253 e. The first-order chi connectivity index (χ1) is 16.4. The Labute approximate surface area is 202 Å². The fraction of sp³-hybridized carbons (Fsp3) is 0.360. The van der Waals surface area contributed by atoms with Crippen molar-refractivity contribution in [2.75, 3.05) is 50.0 Å². The van der Waals surface area contributed by atoms with Gasteiger partial charge >= 0.3 is 0 Å². The predicted molar refractivity (Wildman–Crippen MR) is 133 cm³/mol. The highest BCUT2D eigenvalue weighted by molar-refractivity contribution is 7.18. The van der Waals surface area contributed by atoms with Crippen LogP contribution in [0.2, 0.25) is 0 Å². The SMILES string of the molecule is Cc1nc2cc(N3CC(C(=O)Nc4ccc(C(=O)N5CCN(C)CC5)cc4)CC3=O)ccc2s1. The van der Waals surface area contributed by atoms with Crippen LogP contribution in [0.25, 0.3) is 10.2 Å². The van der Waals surface area contributed by atoms with E-state index in [4.69, 9.17) is 0 Å². The molecule has 2 fully saturated rings. The Bertz CT molecular complexity index is 1250. The second-order valence-electron chi connectivity index (χ2n) is 8.95. The van der Waals surface area contributed by atoms with Crippen molar-refractivity contribution in [2.24, 2.45) is 5.92 Å².